The topological polar surface area (TPSA) is 337 Å². The van der Waals surface area contributed by atoms with Crippen LogP contribution in [0.3, 0.4) is 0 Å². The van der Waals surface area contributed by atoms with E-state index < -0.39 is 44.4 Å². The molecule has 94 heavy (non-hydrogen) atoms. The molecule has 1 aliphatic heterocycles. The molecule has 4 aromatic rings. The first-order chi connectivity index (χ1) is 45.4. The van der Waals surface area contributed by atoms with Crippen LogP contribution < -0.4 is 33.2 Å². The van der Waals surface area contributed by atoms with E-state index in [-0.39, 0.29) is 101 Å². The number of carbonyl (C=O) groups excluding carboxylic acids is 6. The normalized spacial score (nSPS) is 16.7. The van der Waals surface area contributed by atoms with Crippen molar-refractivity contribution in [2.45, 2.75) is 163 Å². The van der Waals surface area contributed by atoms with Crippen molar-refractivity contribution in [2.75, 3.05) is 109 Å². The van der Waals surface area contributed by atoms with Crippen LogP contribution in [0, 0.1) is 0 Å². The fraction of sp³-hybridized carbons (Fsp3) is 0.565. The molecule has 0 saturated carbocycles. The smallest absolute Gasteiger partial charge is 0.332 e. The third-order valence-electron chi connectivity index (χ3n) is 18.0. The van der Waals surface area contributed by atoms with Crippen molar-refractivity contribution in [1.29, 1.82) is 0 Å². The summed E-state index contributed by atoms with van der Waals surface area (Å²) in [6, 6.07) is 20.9. The highest BCUT2D eigenvalue weighted by atomic mass is 32.3. The lowest BCUT2D eigenvalue weighted by Crippen LogP contribution is -2.47. The third kappa shape index (κ3) is 20.8. The van der Waals surface area contributed by atoms with Gasteiger partial charge in [0.2, 0.25) is 29.5 Å². The summed E-state index contributed by atoms with van der Waals surface area (Å²) >= 11 is 0. The molecule has 512 valence electrons. The summed E-state index contributed by atoms with van der Waals surface area (Å²) in [5.74, 6) is -1.61. The number of nitrogens with two attached hydrogens (primary N) is 3. The van der Waals surface area contributed by atoms with E-state index in [0.717, 1.165) is 154 Å². The van der Waals surface area contributed by atoms with Crippen LogP contribution in [-0.4, -0.2) is 164 Å². The highest BCUT2D eigenvalue weighted by molar-refractivity contribution is 7.86. The number of benzene rings is 4. The first-order valence-corrected chi connectivity index (χ1v) is 34.9. The molecule has 2 atom stereocenters. The summed E-state index contributed by atoms with van der Waals surface area (Å²) in [5, 5.41) is 13.3. The number of likely N-dealkylation sites (N-methyl/N-ethyl adjacent to an activating group) is 2. The highest BCUT2D eigenvalue weighted by Crippen LogP contribution is 2.62. The van der Waals surface area contributed by atoms with E-state index in [2.05, 4.69) is 62.4 Å². The SMILES string of the molecule is CN(CCOCCOCCOCCN(C)C(=O)[C@@H]1C[C@H](N=[N+]=[N-])CN1C(=O)c1ccc(S(=O)(=O)F)cc1)C(=O)CCC12c3cc(NC(=O)CCCCCCCN)ccc3C(c3ccc(NC(=O)CCCCCCCN)cc31)c1ccc(NC(=O)CCCCCCCN)cc12. The molecule has 0 unspecified atom stereocenters. The number of hydrogen-bond donors (Lipinski definition) is 6. The van der Waals surface area contributed by atoms with Gasteiger partial charge in [-0.1, -0.05) is 81.1 Å². The van der Waals surface area contributed by atoms with Gasteiger partial charge in [-0.2, -0.15) is 8.42 Å². The largest absolute Gasteiger partial charge is 0.377 e. The van der Waals surface area contributed by atoms with Gasteiger partial charge in [-0.3, -0.25) is 28.8 Å². The molecule has 1 saturated heterocycles. The van der Waals surface area contributed by atoms with Crippen molar-refractivity contribution < 1.29 is 55.3 Å². The van der Waals surface area contributed by atoms with Gasteiger partial charge in [0.05, 0.1) is 50.6 Å². The second-order valence-corrected chi connectivity index (χ2v) is 26.1. The molecule has 25 heteroatoms. The third-order valence-corrected chi connectivity index (χ3v) is 18.8. The summed E-state index contributed by atoms with van der Waals surface area (Å²) in [7, 11) is -1.68. The Morgan fingerprint density at radius 3 is 1.40 bits per heavy atom. The molecule has 4 aliphatic rings. The van der Waals surface area contributed by atoms with Crippen LogP contribution in [0.15, 0.2) is 88.9 Å². The van der Waals surface area contributed by atoms with Crippen LogP contribution in [0.2, 0.25) is 0 Å². The van der Waals surface area contributed by atoms with Crippen LogP contribution in [0.4, 0.5) is 20.9 Å². The van der Waals surface area contributed by atoms with Gasteiger partial charge < -0.3 is 62.1 Å². The van der Waals surface area contributed by atoms with Crippen molar-refractivity contribution in [3.63, 3.8) is 0 Å². The maximum Gasteiger partial charge on any atom is 0.332 e. The van der Waals surface area contributed by atoms with Crippen molar-refractivity contribution in [1.82, 2.24) is 14.7 Å². The number of carbonyl (C=O) groups is 6. The van der Waals surface area contributed by atoms with Gasteiger partial charge in [-0.15, -0.1) is 3.89 Å². The van der Waals surface area contributed by atoms with Crippen molar-refractivity contribution in [3.8, 4) is 0 Å². The number of rotatable bonds is 43. The van der Waals surface area contributed by atoms with E-state index in [0.29, 0.717) is 68.9 Å². The minimum atomic E-state index is -4.98. The Labute approximate surface area is 552 Å². The molecule has 2 bridgehead atoms. The molecule has 0 radical (unpaired) electrons. The molecular formula is C69H97FN12O11S. The number of amides is 6. The van der Waals surface area contributed by atoms with Gasteiger partial charge in [0.15, 0.2) is 0 Å². The molecule has 1 heterocycles. The fourth-order valence-electron chi connectivity index (χ4n) is 12.9. The maximum absolute atomic E-state index is 14.5. The van der Waals surface area contributed by atoms with E-state index in [4.69, 9.17) is 36.9 Å². The number of halogens is 1. The average Bonchev–Trinajstić information content (AvgIpc) is 0.736. The lowest BCUT2D eigenvalue weighted by Gasteiger charge is -2.51. The van der Waals surface area contributed by atoms with Crippen LogP contribution in [-0.2, 0) is 53.8 Å². The van der Waals surface area contributed by atoms with Crippen LogP contribution in [0.25, 0.3) is 10.4 Å². The first kappa shape index (κ1) is 74.1. The predicted octanol–water partition coefficient (Wildman–Crippen LogP) is 9.54. The molecule has 6 amide bonds. The molecule has 0 aromatic heterocycles. The van der Waals surface area contributed by atoms with Gasteiger partial charge in [0.25, 0.3) is 5.91 Å². The van der Waals surface area contributed by atoms with E-state index in [1.165, 1.54) is 9.80 Å². The fourth-order valence-corrected chi connectivity index (χ4v) is 13.4. The quantitative estimate of drug-likeness (QED) is 0.00790. The first-order valence-electron chi connectivity index (χ1n) is 33.5. The molecule has 23 nitrogen and oxygen atoms in total. The van der Waals surface area contributed by atoms with E-state index in [9.17, 15) is 41.1 Å². The zero-order chi connectivity index (χ0) is 67.5. The number of nitrogens with zero attached hydrogens (tertiary/aromatic N) is 6. The predicted molar refractivity (Wildman–Crippen MR) is 360 cm³/mol. The van der Waals surface area contributed by atoms with Crippen LogP contribution >= 0.6 is 0 Å². The molecule has 9 N–H and O–H groups in total. The van der Waals surface area contributed by atoms with Gasteiger partial charge >= 0.3 is 10.2 Å². The van der Waals surface area contributed by atoms with Gasteiger partial charge in [0, 0.05) is 98.3 Å². The standard InChI is InChI=1S/C69H97FN12O11S/c1-80(36-38-91-40-42-93-43-41-92-39-37-81(2)68(88)61-47-53(78-79-74)48-82(61)67(87)49-21-26-54(27-22-49)94(70,89)90)65(86)31-32-69-58-44-50(75-62(83)18-12-6-3-9-15-33-71)23-28-55(58)66(56-29-24-51(45-59(56)69)76-63(84)19-13-7-4-10-16-34-72)57-30-25-52(46-60(57)69)77-64(85)20-14-8-5-11-17-35-73/h21-30,44-46,53,61,66H,3-20,31-43,47-48,71-73H2,1-2H3,(H,75,83)(H,76,84)(H,77,85)/t53-,61-,66?,69?/m0/s1. The van der Waals surface area contributed by atoms with E-state index in [1.807, 2.05) is 18.2 Å². The molecule has 3 aliphatic carbocycles. The molecule has 8 rings (SSSR count). The van der Waals surface area contributed by atoms with Crippen LogP contribution in [0.5, 0.6) is 0 Å². The Hall–Kier alpha value is -7.35. The maximum atomic E-state index is 14.5. The van der Waals surface area contributed by atoms with Crippen molar-refractivity contribution in [2.24, 2.45) is 22.3 Å². The minimum absolute atomic E-state index is 0.0337. The Morgan fingerprint density at radius 2 is 0.989 bits per heavy atom. The van der Waals surface area contributed by atoms with Gasteiger partial charge in [-0.25, -0.2) is 0 Å². The zero-order valence-electron chi connectivity index (χ0n) is 54.8. The number of azide groups is 1. The number of likely N-dealkylation sites (tertiary alicyclic amines) is 1. The zero-order valence-corrected chi connectivity index (χ0v) is 55.6. The number of unbranched alkanes of at least 4 members (excludes halogenated alkanes) is 12. The number of nitrogens with one attached hydrogen (secondary N) is 3. The Morgan fingerprint density at radius 1 is 0.585 bits per heavy atom. The summed E-state index contributed by atoms with van der Waals surface area (Å²) in [6.45, 7) is 3.70. The second-order valence-electron chi connectivity index (χ2n) is 24.8. The molecular weight excluding hydrogens is 1220 g/mol. The van der Waals surface area contributed by atoms with E-state index >= 15 is 0 Å². The average molecular weight is 1320 g/mol. The van der Waals surface area contributed by atoms with Crippen LogP contribution in [0.1, 0.15) is 184 Å². The van der Waals surface area contributed by atoms with Gasteiger partial charge in [-0.05, 0) is 171 Å². The lowest BCUT2D eigenvalue weighted by molar-refractivity contribution is -0.134. The summed E-state index contributed by atoms with van der Waals surface area (Å²) in [6.07, 6.45) is 15.7. The highest BCUT2D eigenvalue weighted by Gasteiger charge is 2.52. The number of hydrogen-bond acceptors (Lipinski definition) is 15. The Kier molecular flexibility index (Phi) is 29.7. The minimum Gasteiger partial charge on any atom is -0.377 e. The monoisotopic (exact) mass is 1320 g/mol. The molecule has 4 aromatic carbocycles. The summed E-state index contributed by atoms with van der Waals surface area (Å²) in [4.78, 5) is 89.0. The Bertz CT molecular complexity index is 3150. The number of ether oxygens (including phenoxy) is 3. The Balaban J connectivity index is 0.981. The molecule has 1 fully saturated rings. The molecule has 0 spiro atoms. The van der Waals surface area contributed by atoms with E-state index in [1.54, 1.807) is 19.0 Å². The second kappa shape index (κ2) is 37.7. The summed E-state index contributed by atoms with van der Waals surface area (Å²) < 4.78 is 53.5. The lowest BCUT2D eigenvalue weighted by atomic mass is 9.51. The van der Waals surface area contributed by atoms with Gasteiger partial charge in [0.1, 0.15) is 6.04 Å². The number of anilines is 3. The van der Waals surface area contributed by atoms with Crippen molar-refractivity contribution >= 4 is 62.7 Å². The van der Waals surface area contributed by atoms with Crippen molar-refractivity contribution in [3.05, 3.63) is 128 Å². The summed E-state index contributed by atoms with van der Waals surface area (Å²) in [5.41, 5.74) is 33.2.